The molecule has 6 nitrogen and oxygen atoms in total. The maximum Gasteiger partial charge on any atom is 0.268 e. The van der Waals surface area contributed by atoms with E-state index in [-0.39, 0.29) is 24.5 Å². The van der Waals surface area contributed by atoms with E-state index < -0.39 is 6.10 Å². The Hall–Kier alpha value is -2.08. The smallest absolute Gasteiger partial charge is 0.268 e. The minimum absolute atomic E-state index is 0.00185. The van der Waals surface area contributed by atoms with Crippen LogP contribution in [0.15, 0.2) is 18.2 Å². The molecule has 1 aromatic rings. The number of rotatable bonds is 5. The van der Waals surface area contributed by atoms with Gasteiger partial charge < -0.3 is 14.8 Å². The standard InChI is InChI=1S/C18H24N2O4/c1-3-15-18(22)20(14-9-12(2)6-7-16(14)24-15)11-17(21)19-10-13-5-4-8-23-13/h6-7,9,13,15H,3-5,8,10-11H2,1-2H3,(H,19,21)/t13-,15+/m0/s1. The van der Waals surface area contributed by atoms with E-state index in [2.05, 4.69) is 5.32 Å². The van der Waals surface area contributed by atoms with Gasteiger partial charge in [-0.05, 0) is 43.9 Å². The summed E-state index contributed by atoms with van der Waals surface area (Å²) < 4.78 is 11.3. The maximum atomic E-state index is 12.6. The third kappa shape index (κ3) is 3.53. The summed E-state index contributed by atoms with van der Waals surface area (Å²) in [7, 11) is 0. The van der Waals surface area contributed by atoms with E-state index in [1.165, 1.54) is 4.90 Å². The van der Waals surface area contributed by atoms with Crippen molar-refractivity contribution in [1.82, 2.24) is 5.32 Å². The first-order valence-electron chi connectivity index (χ1n) is 8.55. The molecule has 0 saturated carbocycles. The molecule has 0 aromatic heterocycles. The van der Waals surface area contributed by atoms with Gasteiger partial charge in [-0.25, -0.2) is 0 Å². The van der Waals surface area contributed by atoms with E-state index in [1.807, 2.05) is 32.0 Å². The first-order chi connectivity index (χ1) is 11.6. The van der Waals surface area contributed by atoms with Crippen LogP contribution in [-0.4, -0.2) is 43.7 Å². The number of nitrogens with one attached hydrogen (secondary N) is 1. The van der Waals surface area contributed by atoms with Crippen LogP contribution in [0.2, 0.25) is 0 Å². The van der Waals surface area contributed by atoms with Crippen LogP contribution in [0.3, 0.4) is 0 Å². The molecular weight excluding hydrogens is 308 g/mol. The Morgan fingerprint density at radius 2 is 2.25 bits per heavy atom. The third-order valence-corrected chi connectivity index (χ3v) is 4.44. The number of fused-ring (bicyclic) bond motifs is 1. The van der Waals surface area contributed by atoms with Gasteiger partial charge in [0.2, 0.25) is 5.91 Å². The van der Waals surface area contributed by atoms with E-state index >= 15 is 0 Å². The molecule has 2 amide bonds. The summed E-state index contributed by atoms with van der Waals surface area (Å²) in [6.07, 6.45) is 2.13. The van der Waals surface area contributed by atoms with Gasteiger partial charge in [-0.3, -0.25) is 14.5 Å². The normalized spacial score (nSPS) is 22.9. The van der Waals surface area contributed by atoms with Crippen LogP contribution in [0.4, 0.5) is 5.69 Å². The summed E-state index contributed by atoms with van der Waals surface area (Å²) in [6.45, 7) is 5.11. The fourth-order valence-electron chi connectivity index (χ4n) is 3.09. The number of hydrogen-bond donors (Lipinski definition) is 1. The molecule has 6 heteroatoms. The van der Waals surface area contributed by atoms with Gasteiger partial charge in [0, 0.05) is 13.2 Å². The van der Waals surface area contributed by atoms with Crippen molar-refractivity contribution in [2.45, 2.75) is 45.3 Å². The highest BCUT2D eigenvalue weighted by atomic mass is 16.5. The lowest BCUT2D eigenvalue weighted by Gasteiger charge is -2.34. The van der Waals surface area contributed by atoms with E-state index in [0.29, 0.717) is 24.4 Å². The Kier molecular flexibility index (Phi) is 5.04. The lowest BCUT2D eigenvalue weighted by molar-refractivity contribution is -0.129. The van der Waals surface area contributed by atoms with Crippen molar-refractivity contribution in [2.75, 3.05) is 24.6 Å². The molecule has 1 fully saturated rings. The number of carbonyl (C=O) groups is 2. The van der Waals surface area contributed by atoms with Crippen LogP contribution >= 0.6 is 0 Å². The van der Waals surface area contributed by atoms with E-state index in [4.69, 9.17) is 9.47 Å². The Bertz CT molecular complexity index is 625. The van der Waals surface area contributed by atoms with Crippen molar-refractivity contribution in [1.29, 1.82) is 0 Å². The molecule has 0 aliphatic carbocycles. The van der Waals surface area contributed by atoms with Gasteiger partial charge in [0.05, 0.1) is 11.8 Å². The van der Waals surface area contributed by atoms with Crippen LogP contribution in [-0.2, 0) is 14.3 Å². The van der Waals surface area contributed by atoms with Gasteiger partial charge in [-0.15, -0.1) is 0 Å². The van der Waals surface area contributed by atoms with Crippen LogP contribution in [0.5, 0.6) is 5.75 Å². The van der Waals surface area contributed by atoms with Crippen molar-refractivity contribution in [3.8, 4) is 5.75 Å². The third-order valence-electron chi connectivity index (χ3n) is 4.44. The molecule has 1 saturated heterocycles. The zero-order valence-electron chi connectivity index (χ0n) is 14.2. The molecule has 1 N–H and O–H groups in total. The molecule has 3 rings (SSSR count). The summed E-state index contributed by atoms with van der Waals surface area (Å²) in [4.78, 5) is 26.5. The quantitative estimate of drug-likeness (QED) is 0.893. The minimum Gasteiger partial charge on any atom is -0.478 e. The van der Waals surface area contributed by atoms with Crippen molar-refractivity contribution in [2.24, 2.45) is 0 Å². The molecule has 1 aromatic carbocycles. The minimum atomic E-state index is -0.536. The van der Waals surface area contributed by atoms with Crippen molar-refractivity contribution in [3.63, 3.8) is 0 Å². The van der Waals surface area contributed by atoms with Crippen LogP contribution < -0.4 is 15.0 Å². The Labute approximate surface area is 142 Å². The average Bonchev–Trinajstić information content (AvgIpc) is 3.09. The number of benzene rings is 1. The van der Waals surface area contributed by atoms with Crippen molar-refractivity contribution in [3.05, 3.63) is 23.8 Å². The fourth-order valence-corrected chi connectivity index (χ4v) is 3.09. The molecule has 24 heavy (non-hydrogen) atoms. The Morgan fingerprint density at radius 3 is 2.96 bits per heavy atom. The SMILES string of the molecule is CC[C@H]1Oc2ccc(C)cc2N(CC(=O)NC[C@@H]2CCCO2)C1=O. The fraction of sp³-hybridized carbons (Fsp3) is 0.556. The first kappa shape index (κ1) is 16.8. The maximum absolute atomic E-state index is 12.6. The summed E-state index contributed by atoms with van der Waals surface area (Å²) in [6, 6.07) is 5.68. The predicted octanol–water partition coefficient (Wildman–Crippen LogP) is 1.79. The summed E-state index contributed by atoms with van der Waals surface area (Å²) in [5.74, 6) is 0.310. The van der Waals surface area contributed by atoms with Gasteiger partial charge in [0.15, 0.2) is 6.10 Å². The molecule has 2 atom stereocenters. The van der Waals surface area contributed by atoms with Crippen molar-refractivity contribution >= 4 is 17.5 Å². The largest absolute Gasteiger partial charge is 0.478 e. The number of hydrogen-bond acceptors (Lipinski definition) is 4. The molecule has 2 heterocycles. The second kappa shape index (κ2) is 7.21. The van der Waals surface area contributed by atoms with E-state index in [9.17, 15) is 9.59 Å². The first-order valence-corrected chi connectivity index (χ1v) is 8.55. The average molecular weight is 332 g/mol. The number of carbonyl (C=O) groups excluding carboxylic acids is 2. The Morgan fingerprint density at radius 1 is 1.42 bits per heavy atom. The molecule has 0 bridgehead atoms. The summed E-state index contributed by atoms with van der Waals surface area (Å²) in [5.41, 5.74) is 1.68. The molecular formula is C18H24N2O4. The highest BCUT2D eigenvalue weighted by Crippen LogP contribution is 2.35. The Balaban J connectivity index is 1.71. The zero-order valence-corrected chi connectivity index (χ0v) is 14.2. The van der Waals surface area contributed by atoms with Crippen molar-refractivity contribution < 1.29 is 19.1 Å². The molecule has 0 spiro atoms. The van der Waals surface area contributed by atoms with Crippen LogP contribution in [0.25, 0.3) is 0 Å². The zero-order chi connectivity index (χ0) is 17.1. The second-order valence-corrected chi connectivity index (χ2v) is 6.35. The number of ether oxygens (including phenoxy) is 2. The lowest BCUT2D eigenvalue weighted by atomic mass is 10.1. The topological polar surface area (TPSA) is 67.9 Å². The molecule has 130 valence electrons. The molecule has 0 unspecified atom stereocenters. The summed E-state index contributed by atoms with van der Waals surface area (Å²) in [5, 5.41) is 2.87. The van der Waals surface area contributed by atoms with E-state index in [0.717, 1.165) is 25.0 Å². The van der Waals surface area contributed by atoms with Gasteiger partial charge in [-0.1, -0.05) is 13.0 Å². The van der Waals surface area contributed by atoms with Gasteiger partial charge in [0.1, 0.15) is 12.3 Å². The number of anilines is 1. The van der Waals surface area contributed by atoms with Crippen LogP contribution in [0, 0.1) is 6.92 Å². The highest BCUT2D eigenvalue weighted by Gasteiger charge is 2.34. The lowest BCUT2D eigenvalue weighted by Crippen LogP contribution is -2.50. The molecule has 2 aliphatic heterocycles. The van der Waals surface area contributed by atoms with Gasteiger partial charge in [0.25, 0.3) is 5.91 Å². The molecule has 2 aliphatic rings. The monoisotopic (exact) mass is 332 g/mol. The second-order valence-electron chi connectivity index (χ2n) is 6.35. The highest BCUT2D eigenvalue weighted by molar-refractivity contribution is 6.03. The van der Waals surface area contributed by atoms with Gasteiger partial charge >= 0.3 is 0 Å². The van der Waals surface area contributed by atoms with E-state index in [1.54, 1.807) is 0 Å². The summed E-state index contributed by atoms with van der Waals surface area (Å²) >= 11 is 0. The van der Waals surface area contributed by atoms with Gasteiger partial charge in [-0.2, -0.15) is 0 Å². The predicted molar refractivity (Wildman–Crippen MR) is 90.2 cm³/mol. The molecule has 0 radical (unpaired) electrons. The number of amides is 2. The number of aryl methyl sites for hydroxylation is 1. The van der Waals surface area contributed by atoms with Crippen LogP contribution in [0.1, 0.15) is 31.7 Å². The number of nitrogens with zero attached hydrogens (tertiary/aromatic N) is 1.